The molecule has 1 aliphatic carbocycles. The van der Waals surface area contributed by atoms with E-state index in [0.717, 1.165) is 53.7 Å². The molecule has 1 amide bonds. The van der Waals surface area contributed by atoms with Crippen LogP contribution in [0.5, 0.6) is 23.0 Å². The fourth-order valence-corrected chi connectivity index (χ4v) is 4.04. The van der Waals surface area contributed by atoms with E-state index in [0.29, 0.717) is 23.9 Å². The van der Waals surface area contributed by atoms with Crippen molar-refractivity contribution in [2.24, 2.45) is 0 Å². The minimum atomic E-state index is -0.124. The average molecular weight is 414 g/mol. The van der Waals surface area contributed by atoms with Crippen molar-refractivity contribution in [3.05, 3.63) is 35.4 Å². The highest BCUT2D eigenvalue weighted by atomic mass is 16.5. The second-order valence-corrected chi connectivity index (χ2v) is 7.41. The van der Waals surface area contributed by atoms with Crippen LogP contribution in [0.4, 0.5) is 0 Å². The molecule has 0 unspecified atom stereocenters. The summed E-state index contributed by atoms with van der Waals surface area (Å²) in [5, 5.41) is 3.10. The van der Waals surface area contributed by atoms with Crippen molar-refractivity contribution in [1.29, 1.82) is 0 Å². The Hall–Kier alpha value is -2.89. The van der Waals surface area contributed by atoms with E-state index in [1.165, 1.54) is 0 Å². The number of benzene rings is 2. The molecule has 1 N–H and O–H groups in total. The van der Waals surface area contributed by atoms with Crippen LogP contribution in [0.1, 0.15) is 50.3 Å². The first-order valence-electron chi connectivity index (χ1n) is 10.4. The van der Waals surface area contributed by atoms with Gasteiger partial charge in [0.15, 0.2) is 11.5 Å². The van der Waals surface area contributed by atoms with Crippen LogP contribution in [0.2, 0.25) is 0 Å². The molecule has 6 nitrogen and oxygen atoms in total. The van der Waals surface area contributed by atoms with Crippen LogP contribution in [-0.4, -0.2) is 33.8 Å². The molecule has 2 aromatic rings. The summed E-state index contributed by atoms with van der Waals surface area (Å²) in [7, 11) is 4.86. The molecule has 0 aromatic heterocycles. The Morgan fingerprint density at radius 1 is 1.07 bits per heavy atom. The number of rotatable bonds is 8. The third-order valence-corrected chi connectivity index (χ3v) is 5.45. The van der Waals surface area contributed by atoms with Crippen molar-refractivity contribution >= 4 is 5.91 Å². The van der Waals surface area contributed by atoms with Crippen molar-refractivity contribution in [1.82, 2.24) is 5.32 Å². The molecule has 0 spiro atoms. The van der Waals surface area contributed by atoms with Crippen molar-refractivity contribution in [3.8, 4) is 34.1 Å². The Kier molecular flexibility index (Phi) is 7.08. The number of nitrogens with one attached hydrogen (secondary N) is 1. The zero-order valence-electron chi connectivity index (χ0n) is 18.5. The Labute approximate surface area is 178 Å². The molecule has 6 heteroatoms. The number of methoxy groups -OCH3 is 3. The minimum Gasteiger partial charge on any atom is -0.494 e. The first kappa shape index (κ1) is 21.8. The van der Waals surface area contributed by atoms with Gasteiger partial charge in [0.1, 0.15) is 5.75 Å². The van der Waals surface area contributed by atoms with E-state index in [1.807, 2.05) is 18.2 Å². The number of fused-ring (bicyclic) bond motifs is 3. The average Bonchev–Trinajstić information content (AvgIpc) is 2.89. The van der Waals surface area contributed by atoms with Crippen LogP contribution in [0.25, 0.3) is 11.1 Å². The predicted octanol–water partition coefficient (Wildman–Crippen LogP) is 4.68. The molecular weight excluding hydrogens is 382 g/mol. The fourth-order valence-electron chi connectivity index (χ4n) is 4.04. The first-order chi connectivity index (χ1) is 14.5. The van der Waals surface area contributed by atoms with Gasteiger partial charge >= 0.3 is 0 Å². The monoisotopic (exact) mass is 413 g/mol. The van der Waals surface area contributed by atoms with Gasteiger partial charge in [-0.2, -0.15) is 0 Å². The lowest BCUT2D eigenvalue weighted by molar-refractivity contribution is -0.119. The van der Waals surface area contributed by atoms with Gasteiger partial charge in [-0.3, -0.25) is 4.79 Å². The lowest BCUT2D eigenvalue weighted by Gasteiger charge is -2.20. The topological polar surface area (TPSA) is 66.0 Å². The summed E-state index contributed by atoms with van der Waals surface area (Å²) in [6.45, 7) is 4.36. The van der Waals surface area contributed by atoms with Gasteiger partial charge in [0.25, 0.3) is 0 Å². The molecule has 0 saturated carbocycles. The standard InChI is InChI=1S/C24H31NO5/c1-6-7-12-30-16-8-9-17-19-14-22(27-3)24(29-5)23(28-4)18(19)10-11-21(20(17)13-16)25-15(2)26/h8-9,13-14,21H,6-7,10-12H2,1-5H3,(H,25,26)/t21-/m0/s1. The van der Waals surface area contributed by atoms with E-state index in [9.17, 15) is 4.79 Å². The van der Waals surface area contributed by atoms with Gasteiger partial charge < -0.3 is 24.3 Å². The molecule has 1 atom stereocenters. The zero-order chi connectivity index (χ0) is 21.7. The third-order valence-electron chi connectivity index (χ3n) is 5.45. The molecule has 2 aromatic carbocycles. The highest BCUT2D eigenvalue weighted by Crippen LogP contribution is 2.49. The van der Waals surface area contributed by atoms with E-state index in [2.05, 4.69) is 18.3 Å². The quantitative estimate of drug-likeness (QED) is 0.637. The summed E-state index contributed by atoms with van der Waals surface area (Å²) >= 11 is 0. The first-order valence-corrected chi connectivity index (χ1v) is 10.4. The largest absolute Gasteiger partial charge is 0.494 e. The van der Waals surface area contributed by atoms with Crippen LogP contribution in [-0.2, 0) is 11.2 Å². The summed E-state index contributed by atoms with van der Waals surface area (Å²) in [4.78, 5) is 11.9. The minimum absolute atomic E-state index is 0.0589. The van der Waals surface area contributed by atoms with Crippen molar-refractivity contribution in [2.75, 3.05) is 27.9 Å². The molecule has 3 rings (SSSR count). The summed E-state index contributed by atoms with van der Waals surface area (Å²) < 4.78 is 22.8. The number of carbonyl (C=O) groups is 1. The molecule has 0 radical (unpaired) electrons. The number of ether oxygens (including phenoxy) is 4. The number of unbranched alkanes of at least 4 members (excludes halogenated alkanes) is 1. The molecule has 0 bridgehead atoms. The van der Waals surface area contributed by atoms with Crippen LogP contribution < -0.4 is 24.3 Å². The van der Waals surface area contributed by atoms with Gasteiger partial charge in [-0.1, -0.05) is 19.4 Å². The summed E-state index contributed by atoms with van der Waals surface area (Å²) in [5.74, 6) is 2.62. The Balaban J connectivity index is 2.17. The molecule has 0 fully saturated rings. The number of amides is 1. The van der Waals surface area contributed by atoms with Crippen molar-refractivity contribution in [3.63, 3.8) is 0 Å². The number of hydrogen-bond acceptors (Lipinski definition) is 5. The van der Waals surface area contributed by atoms with E-state index in [4.69, 9.17) is 18.9 Å². The van der Waals surface area contributed by atoms with Gasteiger partial charge in [-0.15, -0.1) is 0 Å². The predicted molar refractivity (Wildman–Crippen MR) is 117 cm³/mol. The van der Waals surface area contributed by atoms with Crippen LogP contribution >= 0.6 is 0 Å². The van der Waals surface area contributed by atoms with Gasteiger partial charge in [-0.05, 0) is 54.2 Å². The van der Waals surface area contributed by atoms with E-state index in [1.54, 1.807) is 28.3 Å². The Morgan fingerprint density at radius 2 is 1.83 bits per heavy atom. The molecule has 0 aliphatic heterocycles. The molecule has 0 heterocycles. The fraction of sp³-hybridized carbons (Fsp3) is 0.458. The zero-order valence-corrected chi connectivity index (χ0v) is 18.5. The van der Waals surface area contributed by atoms with E-state index in [-0.39, 0.29) is 11.9 Å². The maximum atomic E-state index is 11.9. The SMILES string of the molecule is CCCCOc1ccc2c(c1)[C@@H](NC(C)=O)CCc1c-2cc(OC)c(OC)c1OC. The van der Waals surface area contributed by atoms with Gasteiger partial charge in [0.05, 0.1) is 34.0 Å². The van der Waals surface area contributed by atoms with Crippen LogP contribution in [0, 0.1) is 0 Å². The second kappa shape index (κ2) is 9.74. The van der Waals surface area contributed by atoms with Gasteiger partial charge in [0, 0.05) is 12.5 Å². The van der Waals surface area contributed by atoms with Gasteiger partial charge in [0.2, 0.25) is 11.7 Å². The highest BCUT2D eigenvalue weighted by molar-refractivity contribution is 5.81. The number of hydrogen-bond donors (Lipinski definition) is 1. The molecular formula is C24H31NO5. The van der Waals surface area contributed by atoms with Crippen molar-refractivity contribution in [2.45, 2.75) is 45.6 Å². The van der Waals surface area contributed by atoms with Crippen LogP contribution in [0.3, 0.4) is 0 Å². The summed E-state index contributed by atoms with van der Waals surface area (Å²) in [6, 6.07) is 7.95. The smallest absolute Gasteiger partial charge is 0.217 e. The van der Waals surface area contributed by atoms with Crippen molar-refractivity contribution < 1.29 is 23.7 Å². The van der Waals surface area contributed by atoms with E-state index < -0.39 is 0 Å². The molecule has 162 valence electrons. The summed E-state index contributed by atoms with van der Waals surface area (Å²) in [5.41, 5.74) is 4.13. The highest BCUT2D eigenvalue weighted by Gasteiger charge is 2.29. The Morgan fingerprint density at radius 3 is 2.47 bits per heavy atom. The second-order valence-electron chi connectivity index (χ2n) is 7.41. The van der Waals surface area contributed by atoms with Crippen LogP contribution in [0.15, 0.2) is 24.3 Å². The Bertz CT molecular complexity index is 909. The van der Waals surface area contributed by atoms with E-state index >= 15 is 0 Å². The normalized spacial score (nSPS) is 14.8. The lowest BCUT2D eigenvalue weighted by Crippen LogP contribution is -2.26. The number of carbonyl (C=O) groups excluding carboxylic acids is 1. The lowest BCUT2D eigenvalue weighted by atomic mass is 9.94. The molecule has 30 heavy (non-hydrogen) atoms. The third kappa shape index (κ3) is 4.32. The van der Waals surface area contributed by atoms with Gasteiger partial charge in [-0.25, -0.2) is 0 Å². The maximum Gasteiger partial charge on any atom is 0.217 e. The molecule has 1 aliphatic rings. The maximum absolute atomic E-state index is 11.9. The molecule has 0 saturated heterocycles. The summed E-state index contributed by atoms with van der Waals surface area (Å²) in [6.07, 6.45) is 3.55.